The largest absolute Gasteiger partial charge is 0.380 e. The number of aliphatic hydroxyl groups is 1. The van der Waals surface area contributed by atoms with Crippen molar-refractivity contribution in [1.82, 2.24) is 11.0 Å². The van der Waals surface area contributed by atoms with Crippen LogP contribution in [0.2, 0.25) is 0 Å². The molecule has 0 fully saturated rings. The average Bonchev–Trinajstić information content (AvgIpc) is 2.70. The maximum Gasteiger partial charge on any atom is 0.275 e. The van der Waals surface area contributed by atoms with Crippen LogP contribution in [0.15, 0.2) is 60.7 Å². The van der Waals surface area contributed by atoms with Gasteiger partial charge < -0.3 is 9.84 Å². The molecule has 0 bridgehead atoms. The lowest BCUT2D eigenvalue weighted by atomic mass is 10.2. The van der Waals surface area contributed by atoms with Gasteiger partial charge in [-0.3, -0.25) is 19.3 Å². The highest BCUT2D eigenvalue weighted by Gasteiger charge is 2.32. The van der Waals surface area contributed by atoms with Crippen molar-refractivity contribution in [3.8, 4) is 0 Å². The fraction of sp³-hybridized carbons (Fsp3) is 0.263. The molecule has 2 rings (SSSR count). The van der Waals surface area contributed by atoms with Gasteiger partial charge in [0.25, 0.3) is 11.8 Å². The van der Waals surface area contributed by atoms with Crippen LogP contribution in [0.3, 0.4) is 0 Å². The fourth-order valence-electron chi connectivity index (χ4n) is 2.16. The van der Waals surface area contributed by atoms with Gasteiger partial charge in [-0.1, -0.05) is 60.7 Å². The van der Waals surface area contributed by atoms with Gasteiger partial charge in [0.2, 0.25) is 0 Å². The third-order valence-corrected chi connectivity index (χ3v) is 3.58. The minimum absolute atomic E-state index is 0.114. The Bertz CT molecular complexity index is 711. The Labute approximate surface area is 157 Å². The van der Waals surface area contributed by atoms with E-state index in [1.54, 1.807) is 0 Å². The molecule has 0 heterocycles. The molecule has 144 valence electrons. The molecule has 1 unspecified atom stereocenters. The first kappa shape index (κ1) is 20.5. The van der Waals surface area contributed by atoms with Crippen molar-refractivity contribution in [2.24, 2.45) is 0 Å². The number of aliphatic hydroxyl groups excluding tert-OH is 1. The third kappa shape index (κ3) is 6.80. The number of hydroxylamine groups is 2. The van der Waals surface area contributed by atoms with E-state index in [0.717, 1.165) is 11.1 Å². The Morgan fingerprint density at radius 2 is 1.30 bits per heavy atom. The number of carbonyl (C=O) groups is 2. The molecule has 0 aliphatic heterocycles. The molecule has 27 heavy (non-hydrogen) atoms. The summed E-state index contributed by atoms with van der Waals surface area (Å²) in [5.74, 6) is -1.70. The summed E-state index contributed by atoms with van der Waals surface area (Å²) < 4.78 is 4.90. The number of hydrogen-bond donors (Lipinski definition) is 3. The number of ether oxygens (including phenoxy) is 1. The number of hydrogen-bond acceptors (Lipinski definition) is 6. The molecule has 0 aromatic heterocycles. The molecule has 0 spiro atoms. The van der Waals surface area contributed by atoms with Crippen LogP contribution in [0, 0.1) is 0 Å². The first-order valence-electron chi connectivity index (χ1n) is 8.24. The first-order chi connectivity index (χ1) is 13.1. The summed E-state index contributed by atoms with van der Waals surface area (Å²) in [6, 6.07) is 18.3. The van der Waals surface area contributed by atoms with Gasteiger partial charge in [0.15, 0.2) is 12.2 Å². The minimum atomic E-state index is -1.77. The normalized spacial score (nSPS) is 12.8. The van der Waals surface area contributed by atoms with Crippen molar-refractivity contribution in [2.45, 2.75) is 25.4 Å². The van der Waals surface area contributed by atoms with Crippen molar-refractivity contribution in [3.05, 3.63) is 71.8 Å². The molecular formula is C19H22N2O6. The van der Waals surface area contributed by atoms with Crippen molar-refractivity contribution in [2.75, 3.05) is 7.11 Å². The van der Waals surface area contributed by atoms with E-state index in [4.69, 9.17) is 14.4 Å². The van der Waals surface area contributed by atoms with Gasteiger partial charge in [0, 0.05) is 7.11 Å². The second-order valence-corrected chi connectivity index (χ2v) is 5.58. The summed E-state index contributed by atoms with van der Waals surface area (Å²) >= 11 is 0. The summed E-state index contributed by atoms with van der Waals surface area (Å²) in [5, 5.41) is 10.0. The lowest BCUT2D eigenvalue weighted by Crippen LogP contribution is -2.50. The molecule has 2 amide bonds. The maximum absolute atomic E-state index is 12.1. The third-order valence-electron chi connectivity index (χ3n) is 3.58. The van der Waals surface area contributed by atoms with Gasteiger partial charge in [0.05, 0.1) is 13.2 Å². The van der Waals surface area contributed by atoms with Gasteiger partial charge in [-0.2, -0.15) is 0 Å². The molecule has 0 saturated carbocycles. The Kier molecular flexibility index (Phi) is 8.40. The molecule has 8 heteroatoms. The summed E-state index contributed by atoms with van der Waals surface area (Å²) in [4.78, 5) is 34.1. The molecule has 0 aliphatic carbocycles. The standard InChI is InChI=1S/C19H22N2O6/c1-25-17(19(24)21-27-13-15-10-6-3-7-11-15)16(22)18(23)20-26-12-14-8-4-2-5-9-14/h2-11,16-17,22H,12-13H2,1H3,(H,20,23)(H,21,24)/t16-,17?/m1/s1. The van der Waals surface area contributed by atoms with Gasteiger partial charge in [-0.15, -0.1) is 0 Å². The second kappa shape index (κ2) is 11.0. The topological polar surface area (TPSA) is 106 Å². The quantitative estimate of drug-likeness (QED) is 0.533. The number of rotatable bonds is 10. The highest BCUT2D eigenvalue weighted by molar-refractivity contribution is 5.90. The van der Waals surface area contributed by atoms with Gasteiger partial charge in [-0.25, -0.2) is 11.0 Å². The zero-order chi connectivity index (χ0) is 19.5. The van der Waals surface area contributed by atoms with Crippen molar-refractivity contribution in [1.29, 1.82) is 0 Å². The number of benzene rings is 2. The highest BCUT2D eigenvalue weighted by Crippen LogP contribution is 2.03. The van der Waals surface area contributed by atoms with Gasteiger partial charge in [-0.05, 0) is 11.1 Å². The molecule has 2 aromatic rings. The lowest BCUT2D eigenvalue weighted by molar-refractivity contribution is -0.163. The van der Waals surface area contributed by atoms with E-state index < -0.39 is 24.0 Å². The number of methoxy groups -OCH3 is 1. The van der Waals surface area contributed by atoms with E-state index in [9.17, 15) is 14.7 Å². The first-order valence-corrected chi connectivity index (χ1v) is 8.24. The Morgan fingerprint density at radius 3 is 1.74 bits per heavy atom. The molecule has 2 aromatic carbocycles. The fourth-order valence-corrected chi connectivity index (χ4v) is 2.16. The van der Waals surface area contributed by atoms with Crippen molar-refractivity contribution in [3.63, 3.8) is 0 Å². The summed E-state index contributed by atoms with van der Waals surface area (Å²) in [5.41, 5.74) is 5.93. The van der Waals surface area contributed by atoms with Gasteiger partial charge in [0.1, 0.15) is 0 Å². The van der Waals surface area contributed by atoms with Crippen LogP contribution >= 0.6 is 0 Å². The summed E-state index contributed by atoms with van der Waals surface area (Å²) in [6.45, 7) is 0.245. The van der Waals surface area contributed by atoms with E-state index >= 15 is 0 Å². The van der Waals surface area contributed by atoms with Crippen LogP contribution in [0.5, 0.6) is 0 Å². The molecule has 0 radical (unpaired) electrons. The van der Waals surface area contributed by atoms with Crippen LogP contribution in [0.4, 0.5) is 0 Å². The number of carbonyl (C=O) groups excluding carboxylic acids is 2. The SMILES string of the molecule is COC(C(=O)NOCc1ccccc1)[C@@H](O)C(=O)NOCc1ccccc1. The average molecular weight is 374 g/mol. The summed E-state index contributed by atoms with van der Waals surface area (Å²) in [6.07, 6.45) is -3.23. The highest BCUT2D eigenvalue weighted by atomic mass is 16.7. The zero-order valence-electron chi connectivity index (χ0n) is 14.8. The number of amides is 2. The maximum atomic E-state index is 12.1. The molecular weight excluding hydrogens is 352 g/mol. The van der Waals surface area contributed by atoms with E-state index in [2.05, 4.69) is 11.0 Å². The van der Waals surface area contributed by atoms with Gasteiger partial charge >= 0.3 is 0 Å². The van der Waals surface area contributed by atoms with Crippen LogP contribution in [0.1, 0.15) is 11.1 Å². The predicted molar refractivity (Wildman–Crippen MR) is 95.6 cm³/mol. The molecule has 2 atom stereocenters. The van der Waals surface area contributed by atoms with E-state index in [1.807, 2.05) is 60.7 Å². The molecule has 3 N–H and O–H groups in total. The van der Waals surface area contributed by atoms with Crippen molar-refractivity contribution < 1.29 is 29.1 Å². The summed E-state index contributed by atoms with van der Waals surface area (Å²) in [7, 11) is 1.20. The van der Waals surface area contributed by atoms with Crippen LogP contribution in [-0.2, 0) is 37.2 Å². The number of nitrogens with one attached hydrogen (secondary N) is 2. The van der Waals surface area contributed by atoms with Crippen LogP contribution < -0.4 is 11.0 Å². The molecule has 0 aliphatic rings. The lowest BCUT2D eigenvalue weighted by Gasteiger charge is -2.20. The van der Waals surface area contributed by atoms with E-state index in [1.165, 1.54) is 7.11 Å². The van der Waals surface area contributed by atoms with Crippen molar-refractivity contribution >= 4 is 11.8 Å². The second-order valence-electron chi connectivity index (χ2n) is 5.58. The predicted octanol–water partition coefficient (Wildman–Crippen LogP) is 0.858. The smallest absolute Gasteiger partial charge is 0.275 e. The van der Waals surface area contributed by atoms with E-state index in [0.29, 0.717) is 0 Å². The monoisotopic (exact) mass is 374 g/mol. The Morgan fingerprint density at radius 1 is 0.852 bits per heavy atom. The van der Waals surface area contributed by atoms with Crippen LogP contribution in [0.25, 0.3) is 0 Å². The minimum Gasteiger partial charge on any atom is -0.380 e. The van der Waals surface area contributed by atoms with Crippen LogP contribution in [-0.4, -0.2) is 36.2 Å². The van der Waals surface area contributed by atoms with E-state index in [-0.39, 0.29) is 13.2 Å². The Hall–Kier alpha value is -2.78. The molecule has 8 nitrogen and oxygen atoms in total. The zero-order valence-corrected chi connectivity index (χ0v) is 14.8. The Balaban J connectivity index is 1.76. The molecule has 0 saturated heterocycles.